The van der Waals surface area contributed by atoms with E-state index in [0.717, 1.165) is 0 Å². The van der Waals surface area contributed by atoms with Gasteiger partial charge >= 0.3 is 27.4 Å². The van der Waals surface area contributed by atoms with E-state index in [9.17, 15) is 26.1 Å². The van der Waals surface area contributed by atoms with Gasteiger partial charge in [-0.3, -0.25) is 0 Å². The topological polar surface area (TPSA) is 57.2 Å². The Morgan fingerprint density at radius 2 is 1.03 bits per heavy atom. The molecule has 0 N–H and O–H groups in total. The van der Waals surface area contributed by atoms with E-state index in [1.807, 2.05) is 0 Å². The Hall–Kier alpha value is -2.95. The van der Waals surface area contributed by atoms with Crippen molar-refractivity contribution in [3.63, 3.8) is 0 Å². The van der Waals surface area contributed by atoms with Crippen LogP contribution in [0.25, 0.3) is 21.5 Å². The van der Waals surface area contributed by atoms with Crippen molar-refractivity contribution in [2.24, 2.45) is 0 Å². The molecule has 0 saturated carbocycles. The summed E-state index contributed by atoms with van der Waals surface area (Å²) in [5, 5.41) is 5.49. The molecule has 0 atom stereocenters. The van der Waals surface area contributed by atoms with E-state index in [1.54, 1.807) is 0 Å². The van der Waals surface area contributed by atoms with Gasteiger partial charge in [-0.1, -0.05) is 60.7 Å². The molecule has 0 aliphatic carbocycles. The van der Waals surface area contributed by atoms with E-state index in [-0.39, 0.29) is 21.2 Å². The Bertz CT molecular complexity index is 1490. The van der Waals surface area contributed by atoms with Crippen LogP contribution in [-0.4, -0.2) is 13.0 Å². The van der Waals surface area contributed by atoms with Crippen LogP contribution in [0.4, 0.5) is 13.2 Å². The Morgan fingerprint density at radius 3 is 1.46 bits per heavy atom. The van der Waals surface area contributed by atoms with Crippen molar-refractivity contribution in [2.45, 2.75) is 11.1 Å². The van der Waals surface area contributed by atoms with E-state index in [4.69, 9.17) is 0 Å². The van der Waals surface area contributed by atoms with Crippen LogP contribution in [0.2, 0.25) is 0 Å². The number of hydrogen-bond donors (Lipinski definition) is 0. The third kappa shape index (κ3) is 6.19. The van der Waals surface area contributed by atoms with E-state index in [0.29, 0.717) is 24.3 Å². The highest BCUT2D eigenvalue weighted by atomic mass is 127. The van der Waals surface area contributed by atoms with Gasteiger partial charge in [0.1, 0.15) is 10.1 Å². The van der Waals surface area contributed by atoms with E-state index in [1.165, 1.54) is 28.7 Å². The van der Waals surface area contributed by atoms with Crippen LogP contribution in [0.5, 0.6) is 0 Å². The van der Waals surface area contributed by atoms with Crippen LogP contribution in [0, 0.1) is 7.14 Å². The quantitative estimate of drug-likeness (QED) is 0.233. The molecule has 5 rings (SSSR count). The molecule has 8 heteroatoms. The first-order valence-corrected chi connectivity index (χ1v) is 13.9. The lowest BCUT2D eigenvalue weighted by atomic mass is 10.1. The Balaban J connectivity index is 0.000000181. The molecule has 0 amide bonds. The molecule has 0 radical (unpaired) electrons. The maximum absolute atomic E-state index is 12.0. The molecule has 0 spiro atoms. The molecule has 5 aromatic carbocycles. The fraction of sp³-hybridized carbons (Fsp3) is 0.0370. The van der Waals surface area contributed by atoms with Crippen LogP contribution in [0.1, 0.15) is 5.56 Å². The number of alkyl halides is 3. The molecule has 0 aliphatic rings. The standard InChI is InChI=1S/C20H14I.C7H5F3O3S/c1-3-11-17-15(7-1)9-5-13-19(17)21-20-14-6-10-16-8-2-4-12-18(16)20;8-7(9,10)5-1-3-6(4-2-5)14(11,12)13/h1-14H;1-4H,(H,11,12,13)/q+1;/p-1. The minimum absolute atomic E-state index is 0.176. The molecule has 0 aromatic heterocycles. The highest BCUT2D eigenvalue weighted by molar-refractivity contribution is 7.85. The van der Waals surface area contributed by atoms with Crippen LogP contribution in [0.15, 0.2) is 114 Å². The van der Waals surface area contributed by atoms with Gasteiger partial charge < -0.3 is 4.55 Å². The number of fused-ring (bicyclic) bond motifs is 2. The molecular formula is C27H18F3IO3S. The zero-order chi connectivity index (χ0) is 25.1. The zero-order valence-corrected chi connectivity index (χ0v) is 21.0. The molecular weight excluding hydrogens is 588 g/mol. The van der Waals surface area contributed by atoms with Crippen molar-refractivity contribution >= 4 is 31.7 Å². The van der Waals surface area contributed by atoms with Crippen molar-refractivity contribution in [3.05, 3.63) is 122 Å². The second kappa shape index (κ2) is 10.3. The van der Waals surface area contributed by atoms with Gasteiger partial charge in [-0.15, -0.1) is 0 Å². The van der Waals surface area contributed by atoms with Crippen molar-refractivity contribution in [3.8, 4) is 0 Å². The van der Waals surface area contributed by atoms with Gasteiger partial charge in [-0.25, -0.2) is 8.42 Å². The smallest absolute Gasteiger partial charge is 0.416 e. The predicted molar refractivity (Wildman–Crippen MR) is 125 cm³/mol. The molecule has 3 nitrogen and oxygen atoms in total. The summed E-state index contributed by atoms with van der Waals surface area (Å²) in [7, 11) is -4.68. The zero-order valence-electron chi connectivity index (χ0n) is 18.0. The first-order valence-electron chi connectivity index (χ1n) is 10.4. The monoisotopic (exact) mass is 606 g/mol. The summed E-state index contributed by atoms with van der Waals surface area (Å²) in [6, 6.07) is 33.1. The minimum atomic E-state index is -4.68. The van der Waals surface area contributed by atoms with E-state index >= 15 is 0 Å². The maximum Gasteiger partial charge on any atom is 0.416 e. The highest BCUT2D eigenvalue weighted by Crippen LogP contribution is 2.29. The van der Waals surface area contributed by atoms with Crippen molar-refractivity contribution in [2.75, 3.05) is 0 Å². The molecule has 0 fully saturated rings. The first kappa shape index (κ1) is 25.2. The van der Waals surface area contributed by atoms with Gasteiger partial charge in [0.15, 0.2) is 0 Å². The summed E-state index contributed by atoms with van der Waals surface area (Å²) in [4.78, 5) is -0.675. The van der Waals surface area contributed by atoms with Crippen molar-refractivity contribution in [1.29, 1.82) is 0 Å². The van der Waals surface area contributed by atoms with Crippen LogP contribution < -0.4 is 21.2 Å². The normalized spacial score (nSPS) is 11.8. The second-order valence-electron chi connectivity index (χ2n) is 7.49. The van der Waals surface area contributed by atoms with Crippen LogP contribution >= 0.6 is 0 Å². The predicted octanol–water partition coefficient (Wildman–Crippen LogP) is 3.73. The third-order valence-electron chi connectivity index (χ3n) is 5.15. The van der Waals surface area contributed by atoms with Gasteiger partial charge in [0.05, 0.1) is 10.5 Å². The lowest BCUT2D eigenvalue weighted by molar-refractivity contribution is -0.592. The van der Waals surface area contributed by atoms with Gasteiger partial charge in [0.25, 0.3) is 0 Å². The molecule has 5 aromatic rings. The molecule has 0 aliphatic heterocycles. The molecule has 0 saturated heterocycles. The summed E-state index contributed by atoms with van der Waals surface area (Å²) in [6.45, 7) is 0. The fourth-order valence-electron chi connectivity index (χ4n) is 3.46. The Morgan fingerprint density at radius 1 is 0.600 bits per heavy atom. The Labute approximate surface area is 211 Å². The van der Waals surface area contributed by atoms with Gasteiger partial charge in [0.2, 0.25) is 7.14 Å². The molecule has 0 unspecified atom stereocenters. The van der Waals surface area contributed by atoms with Crippen molar-refractivity contribution < 1.29 is 47.3 Å². The fourth-order valence-corrected chi connectivity index (χ4v) is 6.89. The average molecular weight is 606 g/mol. The summed E-state index contributed by atoms with van der Waals surface area (Å²) in [6.07, 6.45) is -4.54. The lowest BCUT2D eigenvalue weighted by Gasteiger charge is -2.09. The average Bonchev–Trinajstić information content (AvgIpc) is 2.84. The van der Waals surface area contributed by atoms with Crippen molar-refractivity contribution in [1.82, 2.24) is 0 Å². The minimum Gasteiger partial charge on any atom is -0.744 e. The summed E-state index contributed by atoms with van der Waals surface area (Å²) < 4.78 is 70.0. The second-order valence-corrected chi connectivity index (χ2v) is 11.7. The molecule has 0 heterocycles. The van der Waals surface area contributed by atoms with Crippen LogP contribution in [-0.2, 0) is 16.3 Å². The summed E-state index contributed by atoms with van der Waals surface area (Å²) in [5.74, 6) is 0. The van der Waals surface area contributed by atoms with E-state index < -0.39 is 26.8 Å². The van der Waals surface area contributed by atoms with Gasteiger partial charge in [0, 0.05) is 10.8 Å². The SMILES string of the molecule is O=S(=O)([O-])c1ccc(C(F)(F)F)cc1.c1ccc2c([I+]c3cccc4ccccc34)cccc2c1. The summed E-state index contributed by atoms with van der Waals surface area (Å²) in [5.41, 5.74) is -0.995. The van der Waals surface area contributed by atoms with E-state index in [2.05, 4.69) is 84.9 Å². The maximum atomic E-state index is 12.0. The number of halogens is 4. The van der Waals surface area contributed by atoms with Gasteiger partial charge in [-0.05, 0) is 59.3 Å². The third-order valence-corrected chi connectivity index (χ3v) is 9.04. The molecule has 178 valence electrons. The highest BCUT2D eigenvalue weighted by Gasteiger charge is 2.30. The number of benzene rings is 5. The molecule has 35 heavy (non-hydrogen) atoms. The van der Waals surface area contributed by atoms with Gasteiger partial charge in [-0.2, -0.15) is 13.2 Å². The first-order chi connectivity index (χ1) is 16.6. The molecule has 0 bridgehead atoms. The lowest BCUT2D eigenvalue weighted by Crippen LogP contribution is -3.61. The largest absolute Gasteiger partial charge is 0.744 e. The van der Waals surface area contributed by atoms with Crippen LogP contribution in [0.3, 0.4) is 0 Å². The Kier molecular flexibility index (Phi) is 7.44. The number of hydrogen-bond acceptors (Lipinski definition) is 3. The summed E-state index contributed by atoms with van der Waals surface area (Å²) >= 11 is -0.176. The number of rotatable bonds is 3.